The highest BCUT2D eigenvalue weighted by Crippen LogP contribution is 2.35. The monoisotopic (exact) mass is 527 g/mol. The first-order valence-corrected chi connectivity index (χ1v) is 12.7. The van der Waals surface area contributed by atoms with Crippen LogP contribution < -0.4 is 10.5 Å². The van der Waals surface area contributed by atoms with Crippen LogP contribution >= 0.6 is 24.0 Å². The minimum atomic E-state index is 0. The van der Waals surface area contributed by atoms with Crippen molar-refractivity contribution in [2.24, 2.45) is 0 Å². The van der Waals surface area contributed by atoms with Gasteiger partial charge in [0, 0.05) is 49.8 Å². The maximum atomic E-state index is 12.3. The van der Waals surface area contributed by atoms with E-state index < -0.39 is 0 Å². The predicted octanol–water partition coefficient (Wildman–Crippen LogP) is 6.10. The Morgan fingerprint density at radius 1 is 1.08 bits per heavy atom. The molecule has 0 aromatic heterocycles. The van der Waals surface area contributed by atoms with Gasteiger partial charge in [-0.25, -0.2) is 4.79 Å². The number of ether oxygens (including phenoxy) is 1. The van der Waals surface area contributed by atoms with Gasteiger partial charge in [0.2, 0.25) is 0 Å². The average molecular weight is 529 g/mol. The number of nitrogens with two attached hydrogens (primary N) is 1. The highest BCUT2D eigenvalue weighted by Gasteiger charge is 2.28. The highest BCUT2D eigenvalue weighted by atomic mass is 35.5. The lowest BCUT2D eigenvalue weighted by Crippen LogP contribution is -2.50. The van der Waals surface area contributed by atoms with Crippen molar-refractivity contribution in [1.82, 2.24) is 9.80 Å². The first-order valence-electron chi connectivity index (χ1n) is 12.4. The zero-order chi connectivity index (χ0) is 24.8. The molecule has 1 heterocycles. The van der Waals surface area contributed by atoms with E-state index in [1.54, 1.807) is 7.11 Å². The van der Waals surface area contributed by atoms with Gasteiger partial charge in [-0.05, 0) is 47.2 Å². The number of rotatable bonds is 9. The second-order valence-electron chi connectivity index (χ2n) is 9.25. The van der Waals surface area contributed by atoms with E-state index in [9.17, 15) is 4.79 Å². The van der Waals surface area contributed by atoms with Gasteiger partial charge in [-0.15, -0.1) is 12.4 Å². The number of hydrogen-bond donors (Lipinski definition) is 1. The van der Waals surface area contributed by atoms with Crippen LogP contribution in [0.1, 0.15) is 37.3 Å². The zero-order valence-electron chi connectivity index (χ0n) is 21.0. The molecule has 5 nitrogen and oxygen atoms in total. The van der Waals surface area contributed by atoms with Gasteiger partial charge < -0.3 is 10.5 Å². The average Bonchev–Trinajstić information content (AvgIpc) is 2.88. The summed E-state index contributed by atoms with van der Waals surface area (Å²) in [6.07, 6.45) is 3.10. The van der Waals surface area contributed by atoms with Gasteiger partial charge in [0.05, 0.1) is 17.7 Å². The number of fused-ring (bicyclic) bond motifs is 1. The molecule has 0 spiro atoms. The lowest BCUT2D eigenvalue weighted by molar-refractivity contribution is 0.106. The van der Waals surface area contributed by atoms with Crippen molar-refractivity contribution in [3.8, 4) is 5.75 Å². The fourth-order valence-corrected chi connectivity index (χ4v) is 5.25. The summed E-state index contributed by atoms with van der Waals surface area (Å²) in [4.78, 5) is 17.3. The lowest BCUT2D eigenvalue weighted by atomic mass is 9.92. The Balaban J connectivity index is 0.00000361. The molecule has 7 heteroatoms. The van der Waals surface area contributed by atoms with E-state index in [1.807, 2.05) is 36.4 Å². The Labute approximate surface area is 225 Å². The molecule has 192 valence electrons. The number of anilines is 1. The van der Waals surface area contributed by atoms with Crippen LogP contribution in [0.2, 0.25) is 5.02 Å². The standard InChI is InChI=1S/C29H34ClN3O2.ClH/c1-3-4-5-27(33-16-14-32(15-17-33)19-21-6-10-24(31)11-7-21)26(20-34)23-8-12-25-22(18-23)9-13-28(35-2)29(25)30;/h6-13,18,27H,3-5,14-17,19,31H2,1-2H3;1H. The zero-order valence-corrected chi connectivity index (χ0v) is 22.6. The molecular weight excluding hydrogens is 493 g/mol. The molecule has 1 saturated heterocycles. The van der Waals surface area contributed by atoms with Crippen LogP contribution in [0.15, 0.2) is 54.6 Å². The Kier molecular flexibility index (Phi) is 10.2. The summed E-state index contributed by atoms with van der Waals surface area (Å²) in [5, 5.41) is 2.50. The quantitative estimate of drug-likeness (QED) is 0.269. The molecule has 0 bridgehead atoms. The minimum Gasteiger partial charge on any atom is -0.495 e. The molecule has 0 amide bonds. The summed E-state index contributed by atoms with van der Waals surface area (Å²) in [5.74, 6) is 2.97. The Morgan fingerprint density at radius 2 is 1.81 bits per heavy atom. The smallest absolute Gasteiger partial charge is 0.138 e. The first kappa shape index (κ1) is 28.0. The van der Waals surface area contributed by atoms with Crippen LogP contribution in [0.4, 0.5) is 5.69 Å². The van der Waals surface area contributed by atoms with E-state index in [4.69, 9.17) is 22.1 Å². The third-order valence-corrected chi connectivity index (χ3v) is 7.35. The van der Waals surface area contributed by atoms with Crippen LogP contribution in [0.3, 0.4) is 0 Å². The number of unbranched alkanes of at least 4 members (excludes halogenated alkanes) is 1. The van der Waals surface area contributed by atoms with Crippen LogP contribution in [0.25, 0.3) is 16.3 Å². The van der Waals surface area contributed by atoms with Crippen molar-refractivity contribution in [2.75, 3.05) is 39.0 Å². The third kappa shape index (κ3) is 6.42. The van der Waals surface area contributed by atoms with Gasteiger partial charge in [0.15, 0.2) is 0 Å². The number of halogens is 2. The van der Waals surface area contributed by atoms with Crippen LogP contribution in [0.5, 0.6) is 5.75 Å². The molecule has 0 radical (unpaired) electrons. The van der Waals surface area contributed by atoms with Gasteiger partial charge in [-0.1, -0.05) is 61.7 Å². The van der Waals surface area contributed by atoms with Crippen LogP contribution in [-0.4, -0.2) is 55.1 Å². The molecule has 2 N–H and O–H groups in total. The number of nitrogen functional groups attached to an aromatic ring is 1. The first-order chi connectivity index (χ1) is 17.0. The third-order valence-electron chi connectivity index (χ3n) is 6.96. The summed E-state index contributed by atoms with van der Waals surface area (Å²) in [6.45, 7) is 6.88. The number of nitrogens with zero attached hydrogens (tertiary/aromatic N) is 2. The summed E-state index contributed by atoms with van der Waals surface area (Å²) >= 11 is 6.51. The van der Waals surface area contributed by atoms with Crippen molar-refractivity contribution in [2.45, 2.75) is 38.8 Å². The number of hydrogen-bond acceptors (Lipinski definition) is 5. The van der Waals surface area contributed by atoms with Crippen molar-refractivity contribution in [3.05, 3.63) is 70.7 Å². The summed E-state index contributed by atoms with van der Waals surface area (Å²) in [5.41, 5.74) is 9.54. The van der Waals surface area contributed by atoms with E-state index in [0.717, 1.165) is 79.6 Å². The van der Waals surface area contributed by atoms with Gasteiger partial charge in [0.1, 0.15) is 11.7 Å². The van der Waals surface area contributed by atoms with E-state index in [1.165, 1.54) is 5.56 Å². The van der Waals surface area contributed by atoms with Gasteiger partial charge in [-0.2, -0.15) is 0 Å². The van der Waals surface area contributed by atoms with E-state index in [2.05, 4.69) is 40.9 Å². The molecule has 1 aliphatic heterocycles. The van der Waals surface area contributed by atoms with Gasteiger partial charge in [-0.3, -0.25) is 9.80 Å². The maximum Gasteiger partial charge on any atom is 0.138 e. The second-order valence-corrected chi connectivity index (χ2v) is 9.62. The maximum absolute atomic E-state index is 12.3. The Morgan fingerprint density at radius 3 is 2.44 bits per heavy atom. The predicted molar refractivity (Wildman–Crippen MR) is 153 cm³/mol. The molecule has 0 aliphatic carbocycles. The number of piperazine rings is 1. The van der Waals surface area contributed by atoms with Crippen molar-refractivity contribution in [3.63, 3.8) is 0 Å². The number of methoxy groups -OCH3 is 1. The summed E-state index contributed by atoms with van der Waals surface area (Å²) < 4.78 is 5.35. The fraction of sp³-hybridized carbons (Fsp3) is 0.379. The topological polar surface area (TPSA) is 58.8 Å². The fourth-order valence-electron chi connectivity index (χ4n) is 4.94. The molecule has 4 rings (SSSR count). The van der Waals surface area contributed by atoms with Crippen molar-refractivity contribution < 1.29 is 9.53 Å². The Hall–Kier alpha value is -2.53. The largest absolute Gasteiger partial charge is 0.495 e. The highest BCUT2D eigenvalue weighted by molar-refractivity contribution is 6.37. The molecule has 1 unspecified atom stereocenters. The van der Waals surface area contributed by atoms with Crippen LogP contribution in [-0.2, 0) is 11.3 Å². The Bertz CT molecular complexity index is 1200. The molecule has 3 aromatic carbocycles. The molecule has 1 fully saturated rings. The molecule has 36 heavy (non-hydrogen) atoms. The van der Waals surface area contributed by atoms with E-state index in [0.29, 0.717) is 10.8 Å². The lowest BCUT2D eigenvalue weighted by Gasteiger charge is -2.39. The SMILES string of the molecule is CCCCC(C(=C=O)c1ccc2c(Cl)c(OC)ccc2c1)N1CCN(Cc2ccc(N)cc2)CC1.Cl. The normalized spacial score (nSPS) is 15.2. The van der Waals surface area contributed by atoms with Gasteiger partial charge in [0.25, 0.3) is 0 Å². The van der Waals surface area contributed by atoms with E-state index in [-0.39, 0.29) is 18.4 Å². The minimum absolute atomic E-state index is 0. The molecule has 0 saturated carbocycles. The number of carbonyl (C=O) groups excluding carboxylic acids is 1. The molecular formula is C29H35Cl2N3O2. The summed E-state index contributed by atoms with van der Waals surface area (Å²) in [6, 6.07) is 18.0. The van der Waals surface area contributed by atoms with Crippen LogP contribution in [0, 0.1) is 0 Å². The van der Waals surface area contributed by atoms with E-state index >= 15 is 0 Å². The molecule has 1 atom stereocenters. The molecule has 3 aromatic rings. The number of benzene rings is 3. The summed E-state index contributed by atoms with van der Waals surface area (Å²) in [7, 11) is 1.61. The second kappa shape index (κ2) is 13.1. The van der Waals surface area contributed by atoms with Gasteiger partial charge >= 0.3 is 0 Å². The van der Waals surface area contributed by atoms with Crippen molar-refractivity contribution >= 4 is 52.0 Å². The molecule has 1 aliphatic rings. The van der Waals surface area contributed by atoms with Crippen molar-refractivity contribution in [1.29, 1.82) is 0 Å².